The van der Waals surface area contributed by atoms with Gasteiger partial charge in [0.1, 0.15) is 0 Å². The molecule has 0 rings (SSSR count). The largest absolute Gasteiger partial charge is 0.438 e. The molecule has 0 aromatic heterocycles. The molecule has 0 aromatic rings. The predicted molar refractivity (Wildman–Crippen MR) is 35.9 cm³/mol. The highest BCUT2D eigenvalue weighted by Gasteiger charge is 2.17. The Hall–Kier alpha value is 1.05. The highest BCUT2D eigenvalue weighted by molar-refractivity contribution is 6.69. The van der Waals surface area contributed by atoms with Gasteiger partial charge in [-0.05, 0) is 0 Å². The molecule has 0 saturated carbocycles. The van der Waals surface area contributed by atoms with Crippen molar-refractivity contribution in [3.8, 4) is 0 Å². The van der Waals surface area contributed by atoms with Gasteiger partial charge in [-0.2, -0.15) is 0 Å². The van der Waals surface area contributed by atoms with E-state index in [2.05, 4.69) is 0 Å². The summed E-state index contributed by atoms with van der Waals surface area (Å²) in [6, 6.07) is 0.331. The van der Waals surface area contributed by atoms with Crippen LogP contribution in [-0.4, -0.2) is 18.4 Å². The fourth-order valence-electron chi connectivity index (χ4n) is 0.127. The second-order valence-electron chi connectivity index (χ2n) is 1.09. The van der Waals surface area contributed by atoms with E-state index in [4.69, 9.17) is 39.6 Å². The number of halogens is 3. The van der Waals surface area contributed by atoms with Crippen LogP contribution in [0.5, 0.6) is 0 Å². The molecule has 0 amide bonds. The number of hydrogen-bond donors (Lipinski definition) is 1. The van der Waals surface area contributed by atoms with Crippen molar-refractivity contribution in [1.82, 2.24) is 0 Å². The van der Waals surface area contributed by atoms with Crippen molar-refractivity contribution in [2.75, 3.05) is 0 Å². The highest BCUT2D eigenvalue weighted by atomic mass is 35.6. The van der Waals surface area contributed by atoms with Gasteiger partial charge in [0.05, 0.1) is 0 Å². The molecule has 1 nitrogen and oxygen atoms in total. The Balaban J connectivity index is 3.15. The highest BCUT2D eigenvalue weighted by Crippen LogP contribution is 2.29. The van der Waals surface area contributed by atoms with E-state index in [1.165, 1.54) is 0 Å². The van der Waals surface area contributed by atoms with Crippen molar-refractivity contribution in [3.63, 3.8) is 0 Å². The maximum atomic E-state index is 8.29. The molecule has 44 valence electrons. The van der Waals surface area contributed by atoms with Gasteiger partial charge < -0.3 is 4.80 Å². The maximum absolute atomic E-state index is 8.29. The van der Waals surface area contributed by atoms with Gasteiger partial charge in [-0.1, -0.05) is 34.8 Å². The second-order valence-corrected chi connectivity index (χ2v) is 4.55. The average Bonchev–Trinajstić information content (AvgIpc) is 1.30. The van der Waals surface area contributed by atoms with Crippen LogP contribution in [0.4, 0.5) is 0 Å². The molecule has 0 saturated heterocycles. The van der Waals surface area contributed by atoms with Crippen LogP contribution in [-0.2, 0) is 0 Å². The molecule has 0 aliphatic rings. The van der Waals surface area contributed by atoms with E-state index in [1.807, 2.05) is 0 Å². The first-order chi connectivity index (χ1) is 3.06. The Labute approximate surface area is 59.5 Å². The SMILES string of the molecule is O[SiH2]CC(Cl)(Cl)Cl. The van der Waals surface area contributed by atoms with Gasteiger partial charge in [-0.15, -0.1) is 0 Å². The van der Waals surface area contributed by atoms with E-state index in [1.54, 1.807) is 0 Å². The second kappa shape index (κ2) is 3.15. The maximum Gasteiger partial charge on any atom is 0.189 e. The van der Waals surface area contributed by atoms with Gasteiger partial charge in [0.15, 0.2) is 13.6 Å². The molecule has 0 fully saturated rings. The van der Waals surface area contributed by atoms with Crippen LogP contribution < -0.4 is 0 Å². The monoisotopic (exact) mass is 178 g/mol. The van der Waals surface area contributed by atoms with Gasteiger partial charge >= 0.3 is 0 Å². The van der Waals surface area contributed by atoms with E-state index in [0.717, 1.165) is 0 Å². The third kappa shape index (κ3) is 7.05. The normalized spacial score (nSPS) is 13.7. The van der Waals surface area contributed by atoms with E-state index in [9.17, 15) is 0 Å². The van der Waals surface area contributed by atoms with Gasteiger partial charge in [0.2, 0.25) is 0 Å². The van der Waals surface area contributed by atoms with Crippen molar-refractivity contribution in [1.29, 1.82) is 0 Å². The Bertz CT molecular complexity index is 51.4. The molecule has 1 N–H and O–H groups in total. The molecule has 0 spiro atoms. The van der Waals surface area contributed by atoms with Gasteiger partial charge in [-0.25, -0.2) is 0 Å². The Morgan fingerprint density at radius 1 is 1.43 bits per heavy atom. The minimum absolute atomic E-state index is 0.331. The molecule has 0 bridgehead atoms. The summed E-state index contributed by atoms with van der Waals surface area (Å²) in [5.74, 6) is 0. The number of alkyl halides is 3. The topological polar surface area (TPSA) is 20.2 Å². The van der Waals surface area contributed by atoms with E-state index in [-0.39, 0.29) is 0 Å². The molecular formula is C2H5Cl3OSi. The molecule has 0 aromatic carbocycles. The summed E-state index contributed by atoms with van der Waals surface area (Å²) in [6.07, 6.45) is 0. The van der Waals surface area contributed by atoms with Crippen molar-refractivity contribution in [2.45, 2.75) is 9.84 Å². The summed E-state index contributed by atoms with van der Waals surface area (Å²) in [4.78, 5) is 8.29. The molecule has 0 radical (unpaired) electrons. The zero-order chi connectivity index (χ0) is 5.91. The first kappa shape index (κ1) is 8.05. The fraction of sp³-hybridized carbons (Fsp3) is 1.00. The van der Waals surface area contributed by atoms with Crippen molar-refractivity contribution >= 4 is 44.6 Å². The lowest BCUT2D eigenvalue weighted by atomic mass is 10.9. The molecule has 0 unspecified atom stereocenters. The Kier molecular flexibility index (Phi) is 3.62. The standard InChI is InChI=1S/C2H5Cl3OSi/c3-2(4,5)1-7-6/h6H,1,7H2. The molecule has 0 heterocycles. The first-order valence-corrected chi connectivity index (χ1v) is 4.50. The lowest BCUT2D eigenvalue weighted by Crippen LogP contribution is -2.04. The molecule has 5 heteroatoms. The van der Waals surface area contributed by atoms with Crippen LogP contribution in [0.1, 0.15) is 0 Å². The smallest absolute Gasteiger partial charge is 0.189 e. The summed E-state index contributed by atoms with van der Waals surface area (Å²) < 4.78 is -1.22. The van der Waals surface area contributed by atoms with Crippen LogP contribution in [0.3, 0.4) is 0 Å². The molecule has 0 aliphatic carbocycles. The minimum atomic E-state index is -1.22. The quantitative estimate of drug-likeness (QED) is 0.467. The average molecular weight is 180 g/mol. The van der Waals surface area contributed by atoms with Crippen LogP contribution in [0.2, 0.25) is 6.04 Å². The van der Waals surface area contributed by atoms with Gasteiger partial charge in [0.25, 0.3) is 0 Å². The van der Waals surface area contributed by atoms with E-state index >= 15 is 0 Å². The lowest BCUT2D eigenvalue weighted by molar-refractivity contribution is 0.600. The number of hydrogen-bond acceptors (Lipinski definition) is 1. The summed E-state index contributed by atoms with van der Waals surface area (Å²) in [6.45, 7) is 0. The van der Waals surface area contributed by atoms with Crippen molar-refractivity contribution in [2.24, 2.45) is 0 Å². The third-order valence-electron chi connectivity index (χ3n) is 0.395. The zero-order valence-electron chi connectivity index (χ0n) is 3.50. The van der Waals surface area contributed by atoms with Crippen LogP contribution in [0, 0.1) is 0 Å². The summed E-state index contributed by atoms with van der Waals surface area (Å²) >= 11 is 15.7. The Morgan fingerprint density at radius 2 is 1.86 bits per heavy atom. The van der Waals surface area contributed by atoms with Crippen LogP contribution in [0.25, 0.3) is 0 Å². The molecular weight excluding hydrogens is 174 g/mol. The zero-order valence-corrected chi connectivity index (χ0v) is 7.18. The van der Waals surface area contributed by atoms with Crippen molar-refractivity contribution < 1.29 is 4.80 Å². The first-order valence-electron chi connectivity index (χ1n) is 1.74. The predicted octanol–water partition coefficient (Wildman–Crippen LogP) is 0.851. The van der Waals surface area contributed by atoms with E-state index < -0.39 is 13.6 Å². The molecule has 0 aliphatic heterocycles. The van der Waals surface area contributed by atoms with Crippen LogP contribution in [0.15, 0.2) is 0 Å². The Morgan fingerprint density at radius 3 is 1.86 bits per heavy atom. The lowest BCUT2D eigenvalue weighted by Gasteiger charge is -2.04. The van der Waals surface area contributed by atoms with E-state index in [0.29, 0.717) is 6.04 Å². The third-order valence-corrected chi connectivity index (χ3v) is 2.89. The van der Waals surface area contributed by atoms with Crippen molar-refractivity contribution in [3.05, 3.63) is 0 Å². The summed E-state index contributed by atoms with van der Waals surface area (Å²) in [5.41, 5.74) is 0. The van der Waals surface area contributed by atoms with Gasteiger partial charge in [-0.3, -0.25) is 0 Å². The summed E-state index contributed by atoms with van der Waals surface area (Å²) in [7, 11) is -1.09. The van der Waals surface area contributed by atoms with Gasteiger partial charge in [0, 0.05) is 6.04 Å². The fourth-order valence-corrected chi connectivity index (χ4v) is 1.14. The molecule has 7 heavy (non-hydrogen) atoms. The van der Waals surface area contributed by atoms with Crippen LogP contribution >= 0.6 is 34.8 Å². The summed E-state index contributed by atoms with van der Waals surface area (Å²) in [5, 5.41) is 0. The number of rotatable bonds is 1. The minimum Gasteiger partial charge on any atom is -0.438 e. The molecule has 0 atom stereocenters.